The van der Waals surface area contributed by atoms with Crippen LogP contribution in [0.1, 0.15) is 12.8 Å². The van der Waals surface area contributed by atoms with Crippen LogP contribution in [-0.2, 0) is 9.53 Å². The van der Waals surface area contributed by atoms with Gasteiger partial charge in [-0.25, -0.2) is 4.39 Å². The number of para-hydroxylation sites is 1. The van der Waals surface area contributed by atoms with Crippen LogP contribution in [0.2, 0.25) is 0 Å². The maximum absolute atomic E-state index is 14.4. The first-order valence-corrected chi connectivity index (χ1v) is 11.8. The van der Waals surface area contributed by atoms with Crippen LogP contribution >= 0.6 is 24.0 Å². The van der Waals surface area contributed by atoms with E-state index in [2.05, 4.69) is 26.4 Å². The van der Waals surface area contributed by atoms with Crippen LogP contribution in [0, 0.1) is 5.82 Å². The van der Waals surface area contributed by atoms with Gasteiger partial charge in [0.25, 0.3) is 0 Å². The highest BCUT2D eigenvalue weighted by Crippen LogP contribution is 2.29. The normalized spacial score (nSPS) is 15.2. The average molecular weight is 487 g/mol. The Morgan fingerprint density at radius 2 is 1.94 bits per heavy atom. The Morgan fingerprint density at radius 1 is 1.15 bits per heavy atom. The number of amides is 1. The Balaban J connectivity index is 1.39. The maximum atomic E-state index is 14.4. The number of hydrogen-bond donors (Lipinski definition) is 3. The summed E-state index contributed by atoms with van der Waals surface area (Å²) in [6.07, 6.45) is 2.19. The van der Waals surface area contributed by atoms with Crippen LogP contribution in [-0.4, -0.2) is 50.8 Å². The van der Waals surface area contributed by atoms with E-state index in [1.165, 1.54) is 17.8 Å². The van der Waals surface area contributed by atoms with Crippen molar-refractivity contribution in [1.29, 1.82) is 0 Å². The standard InChI is InChI=1S/C22H23FN6O2S2/c23-18-11-5-4-10-17(18)20-26-28-22(29(20)15-7-2-1-3-8-15)33-14-19(30)25-27-21(32)24-13-16-9-6-12-31-16/h1-5,7-8,10-11,16H,6,9,12-14H2,(H,25,30)(H2,24,27,32). The molecule has 1 amide bonds. The molecule has 0 bridgehead atoms. The number of hydrazine groups is 1. The topological polar surface area (TPSA) is 93.1 Å². The number of carbonyl (C=O) groups excluding carboxylic acids is 1. The SMILES string of the molecule is O=C(CSc1nnc(-c2ccccc2F)n1-c1ccccc1)NNC(=S)NCC1CCCO1. The van der Waals surface area contributed by atoms with Gasteiger partial charge < -0.3 is 10.1 Å². The predicted octanol–water partition coefficient (Wildman–Crippen LogP) is 2.84. The minimum atomic E-state index is -0.399. The minimum absolute atomic E-state index is 0.0591. The van der Waals surface area contributed by atoms with Crippen molar-refractivity contribution in [3.8, 4) is 17.1 Å². The van der Waals surface area contributed by atoms with Crippen molar-refractivity contribution < 1.29 is 13.9 Å². The van der Waals surface area contributed by atoms with Gasteiger partial charge in [0.05, 0.1) is 17.4 Å². The van der Waals surface area contributed by atoms with Gasteiger partial charge in [0.1, 0.15) is 5.82 Å². The molecule has 2 aromatic carbocycles. The van der Waals surface area contributed by atoms with E-state index in [1.54, 1.807) is 22.8 Å². The first-order chi connectivity index (χ1) is 16.1. The van der Waals surface area contributed by atoms with Crippen LogP contribution < -0.4 is 16.2 Å². The van der Waals surface area contributed by atoms with Crippen molar-refractivity contribution in [2.24, 2.45) is 0 Å². The van der Waals surface area contributed by atoms with E-state index in [0.29, 0.717) is 28.2 Å². The molecule has 0 saturated carbocycles. The van der Waals surface area contributed by atoms with Gasteiger partial charge in [0.15, 0.2) is 16.1 Å². The molecular formula is C22H23FN6O2S2. The number of ether oxygens (including phenoxy) is 1. The van der Waals surface area contributed by atoms with E-state index in [1.807, 2.05) is 30.3 Å². The molecule has 4 rings (SSSR count). The monoisotopic (exact) mass is 486 g/mol. The lowest BCUT2D eigenvalue weighted by Gasteiger charge is -2.14. The molecule has 1 aromatic heterocycles. The summed E-state index contributed by atoms with van der Waals surface area (Å²) in [7, 11) is 0. The first kappa shape index (κ1) is 23.1. The molecule has 1 atom stereocenters. The fourth-order valence-corrected chi connectivity index (χ4v) is 4.23. The molecule has 11 heteroatoms. The van der Waals surface area contributed by atoms with Gasteiger partial charge in [-0.1, -0.05) is 42.1 Å². The predicted molar refractivity (Wildman–Crippen MR) is 128 cm³/mol. The number of thiocarbonyl (C=S) groups is 1. The minimum Gasteiger partial charge on any atom is -0.376 e. The summed E-state index contributed by atoms with van der Waals surface area (Å²) in [5.74, 6) is -0.274. The third-order valence-electron chi connectivity index (χ3n) is 4.92. The molecule has 3 aromatic rings. The number of aromatic nitrogens is 3. The van der Waals surface area contributed by atoms with Crippen molar-refractivity contribution in [3.63, 3.8) is 0 Å². The Labute approximate surface area is 200 Å². The second-order valence-corrected chi connectivity index (χ2v) is 8.61. The largest absolute Gasteiger partial charge is 0.376 e. The summed E-state index contributed by atoms with van der Waals surface area (Å²) in [5.41, 5.74) is 6.34. The number of nitrogens with zero attached hydrogens (tertiary/aromatic N) is 3. The van der Waals surface area contributed by atoms with Gasteiger partial charge in [-0.15, -0.1) is 10.2 Å². The summed E-state index contributed by atoms with van der Waals surface area (Å²) >= 11 is 6.37. The first-order valence-electron chi connectivity index (χ1n) is 10.4. The molecule has 1 unspecified atom stereocenters. The molecule has 1 aliphatic rings. The van der Waals surface area contributed by atoms with Gasteiger partial charge in [-0.3, -0.25) is 20.2 Å². The van der Waals surface area contributed by atoms with Crippen molar-refractivity contribution in [2.45, 2.75) is 24.1 Å². The van der Waals surface area contributed by atoms with Crippen molar-refractivity contribution in [3.05, 3.63) is 60.4 Å². The second kappa shape index (κ2) is 11.2. The van der Waals surface area contributed by atoms with Gasteiger partial charge >= 0.3 is 0 Å². The molecule has 3 N–H and O–H groups in total. The van der Waals surface area contributed by atoms with Gasteiger partial charge in [0.2, 0.25) is 5.91 Å². The summed E-state index contributed by atoms with van der Waals surface area (Å²) in [6.45, 7) is 1.36. The molecule has 0 aliphatic carbocycles. The maximum Gasteiger partial charge on any atom is 0.248 e. The highest BCUT2D eigenvalue weighted by atomic mass is 32.2. The zero-order chi connectivity index (χ0) is 23.0. The number of carbonyl (C=O) groups is 1. The molecule has 172 valence electrons. The third kappa shape index (κ3) is 6.06. The van der Waals surface area contributed by atoms with Crippen molar-refractivity contribution >= 4 is 35.0 Å². The Bertz CT molecular complexity index is 1110. The lowest BCUT2D eigenvalue weighted by Crippen LogP contribution is -2.48. The number of hydrogen-bond acceptors (Lipinski definition) is 6. The summed E-state index contributed by atoms with van der Waals surface area (Å²) in [5, 5.41) is 12.2. The zero-order valence-corrected chi connectivity index (χ0v) is 19.3. The molecule has 0 spiro atoms. The van der Waals surface area contributed by atoms with E-state index in [0.717, 1.165) is 25.1 Å². The Hall–Kier alpha value is -3.02. The number of nitrogens with one attached hydrogen (secondary N) is 3. The number of benzene rings is 2. The van der Waals surface area contributed by atoms with E-state index in [9.17, 15) is 9.18 Å². The quantitative estimate of drug-likeness (QED) is 0.267. The van der Waals surface area contributed by atoms with Crippen LogP contribution in [0.15, 0.2) is 59.8 Å². The van der Waals surface area contributed by atoms with E-state index >= 15 is 0 Å². The molecule has 33 heavy (non-hydrogen) atoms. The lowest BCUT2D eigenvalue weighted by atomic mass is 10.2. The third-order valence-corrected chi connectivity index (χ3v) is 6.10. The molecule has 2 heterocycles. The Morgan fingerprint density at radius 3 is 2.70 bits per heavy atom. The van der Waals surface area contributed by atoms with Crippen LogP contribution in [0.25, 0.3) is 17.1 Å². The van der Waals surface area contributed by atoms with E-state index < -0.39 is 5.82 Å². The molecule has 8 nitrogen and oxygen atoms in total. The van der Waals surface area contributed by atoms with E-state index in [-0.39, 0.29) is 17.8 Å². The van der Waals surface area contributed by atoms with Crippen LogP contribution in [0.3, 0.4) is 0 Å². The number of halogens is 1. The summed E-state index contributed by atoms with van der Waals surface area (Å²) in [6, 6.07) is 15.8. The smallest absolute Gasteiger partial charge is 0.248 e. The molecular weight excluding hydrogens is 463 g/mol. The molecule has 1 saturated heterocycles. The van der Waals surface area contributed by atoms with Crippen molar-refractivity contribution in [2.75, 3.05) is 18.9 Å². The second-order valence-electron chi connectivity index (χ2n) is 7.26. The highest BCUT2D eigenvalue weighted by Gasteiger charge is 2.19. The zero-order valence-electron chi connectivity index (χ0n) is 17.7. The molecule has 1 aliphatic heterocycles. The van der Waals surface area contributed by atoms with Crippen molar-refractivity contribution in [1.82, 2.24) is 30.9 Å². The molecule has 1 fully saturated rings. The summed E-state index contributed by atoms with van der Waals surface area (Å²) in [4.78, 5) is 12.3. The van der Waals surface area contributed by atoms with Crippen LogP contribution in [0.4, 0.5) is 4.39 Å². The number of rotatable bonds is 7. The van der Waals surface area contributed by atoms with E-state index in [4.69, 9.17) is 17.0 Å². The van der Waals surface area contributed by atoms with Crippen LogP contribution in [0.5, 0.6) is 0 Å². The molecule has 0 radical (unpaired) electrons. The van der Waals surface area contributed by atoms with Gasteiger partial charge in [-0.05, 0) is 49.3 Å². The fraction of sp³-hybridized carbons (Fsp3) is 0.273. The lowest BCUT2D eigenvalue weighted by molar-refractivity contribution is -0.119. The average Bonchev–Trinajstić information content (AvgIpc) is 3.51. The Kier molecular flexibility index (Phi) is 7.87. The van der Waals surface area contributed by atoms with Gasteiger partial charge in [-0.2, -0.15) is 0 Å². The fourth-order valence-electron chi connectivity index (χ4n) is 3.34. The number of thioether (sulfide) groups is 1. The van der Waals surface area contributed by atoms with Gasteiger partial charge in [0, 0.05) is 18.8 Å². The summed E-state index contributed by atoms with van der Waals surface area (Å²) < 4.78 is 21.7. The highest BCUT2D eigenvalue weighted by molar-refractivity contribution is 7.99.